The van der Waals surface area contributed by atoms with E-state index >= 15 is 0 Å². The van der Waals surface area contributed by atoms with Crippen molar-refractivity contribution in [3.63, 3.8) is 0 Å². The first-order valence-electron chi connectivity index (χ1n) is 5.45. The fraction of sp³-hybridized carbons (Fsp3) is 0.818. The number of ether oxygens (including phenoxy) is 1. The van der Waals surface area contributed by atoms with E-state index in [4.69, 9.17) is 9.84 Å². The second-order valence-electron chi connectivity index (χ2n) is 4.72. The average Bonchev–Trinajstić information content (AvgIpc) is 2.09. The Morgan fingerprint density at radius 3 is 2.41 bits per heavy atom. The van der Waals surface area contributed by atoms with Gasteiger partial charge in [-0.15, -0.1) is 0 Å². The molecule has 0 aromatic rings. The van der Waals surface area contributed by atoms with Crippen LogP contribution in [0.3, 0.4) is 0 Å². The molecule has 2 N–H and O–H groups in total. The number of carbonyl (C=O) groups excluding carboxylic acids is 1. The molecular weight excluding hydrogens is 289 g/mol. The summed E-state index contributed by atoms with van der Waals surface area (Å²) in [5, 5.41) is 12.3. The van der Waals surface area contributed by atoms with Gasteiger partial charge in [0.05, 0.1) is 0 Å². The molecule has 0 bridgehead atoms. The van der Waals surface area contributed by atoms with Crippen molar-refractivity contribution in [3.05, 3.63) is 0 Å². The number of carboxylic acid groups (broad SMARTS) is 1. The molecule has 0 aromatic carbocycles. The van der Waals surface area contributed by atoms with Crippen LogP contribution in [0.5, 0.6) is 0 Å². The summed E-state index contributed by atoms with van der Waals surface area (Å²) < 4.78 is 5.09. The molecular formula is C11H21NO4Se. The molecule has 0 saturated heterocycles. The molecule has 0 heterocycles. The first-order chi connectivity index (χ1) is 7.74. The van der Waals surface area contributed by atoms with Crippen LogP contribution in [0.4, 0.5) is 4.79 Å². The Morgan fingerprint density at radius 2 is 2.00 bits per heavy atom. The fourth-order valence-corrected chi connectivity index (χ4v) is 2.26. The van der Waals surface area contributed by atoms with Gasteiger partial charge in [-0.25, -0.2) is 0 Å². The van der Waals surface area contributed by atoms with Crippen molar-refractivity contribution in [1.82, 2.24) is 5.32 Å². The van der Waals surface area contributed by atoms with Gasteiger partial charge in [0.1, 0.15) is 0 Å². The minimum absolute atomic E-state index is 0.0602. The van der Waals surface area contributed by atoms with Crippen molar-refractivity contribution in [2.75, 3.05) is 0 Å². The van der Waals surface area contributed by atoms with Crippen LogP contribution in [0.25, 0.3) is 0 Å². The van der Waals surface area contributed by atoms with Gasteiger partial charge in [-0.1, -0.05) is 0 Å². The summed E-state index contributed by atoms with van der Waals surface area (Å²) in [5.74, 6) is 1.17. The van der Waals surface area contributed by atoms with E-state index in [1.54, 1.807) is 20.8 Å². The van der Waals surface area contributed by atoms with Gasteiger partial charge in [-0.2, -0.15) is 0 Å². The van der Waals surface area contributed by atoms with E-state index in [1.807, 2.05) is 0 Å². The molecule has 1 unspecified atom stereocenters. The average molecular weight is 310 g/mol. The van der Waals surface area contributed by atoms with Crippen LogP contribution in [0.1, 0.15) is 33.6 Å². The topological polar surface area (TPSA) is 75.6 Å². The molecule has 0 radical (unpaired) electrons. The third kappa shape index (κ3) is 10.1. The van der Waals surface area contributed by atoms with Gasteiger partial charge < -0.3 is 0 Å². The zero-order valence-electron chi connectivity index (χ0n) is 10.8. The Hall–Kier alpha value is -0.741. The van der Waals surface area contributed by atoms with Gasteiger partial charge in [0, 0.05) is 0 Å². The van der Waals surface area contributed by atoms with E-state index in [1.165, 1.54) is 0 Å². The van der Waals surface area contributed by atoms with Crippen LogP contribution in [-0.2, 0) is 9.53 Å². The van der Waals surface area contributed by atoms with Gasteiger partial charge in [0.2, 0.25) is 0 Å². The second kappa shape index (κ2) is 7.56. The molecule has 0 rings (SSSR count). The van der Waals surface area contributed by atoms with Crippen LogP contribution < -0.4 is 5.32 Å². The zero-order valence-corrected chi connectivity index (χ0v) is 12.5. The third-order valence-electron chi connectivity index (χ3n) is 1.81. The van der Waals surface area contributed by atoms with Crippen LogP contribution in [0.15, 0.2) is 0 Å². The molecule has 0 aliphatic heterocycles. The van der Waals surface area contributed by atoms with E-state index < -0.39 is 17.7 Å². The molecule has 0 fully saturated rings. The van der Waals surface area contributed by atoms with Gasteiger partial charge in [-0.05, 0) is 0 Å². The monoisotopic (exact) mass is 311 g/mol. The predicted molar refractivity (Wildman–Crippen MR) is 66.5 cm³/mol. The summed E-state index contributed by atoms with van der Waals surface area (Å²) in [5.41, 5.74) is -0.563. The van der Waals surface area contributed by atoms with Crippen molar-refractivity contribution in [3.8, 4) is 0 Å². The number of amides is 1. The molecule has 1 atom stereocenters. The molecule has 5 nitrogen and oxygen atoms in total. The molecule has 6 heteroatoms. The van der Waals surface area contributed by atoms with E-state index in [-0.39, 0.29) is 12.5 Å². The number of nitrogens with one attached hydrogen (secondary N) is 1. The molecule has 1 amide bonds. The van der Waals surface area contributed by atoms with Crippen LogP contribution in [-0.4, -0.2) is 43.8 Å². The Morgan fingerprint density at radius 1 is 1.41 bits per heavy atom. The summed E-state index contributed by atoms with van der Waals surface area (Å²) in [7, 11) is 0. The van der Waals surface area contributed by atoms with Crippen molar-refractivity contribution < 1.29 is 19.4 Å². The molecule has 0 aliphatic rings. The number of hydrogen-bond acceptors (Lipinski definition) is 3. The SMILES string of the molecule is C[Se]CCC(CC(=O)O)NC(=O)OC(C)(C)C. The number of aliphatic carboxylic acids is 1. The standard InChI is InChI=1S/C11H21NO4Se/c1-11(2,3)16-10(15)12-8(5-6-17-4)7-9(13)14/h8H,5-7H2,1-4H3,(H,12,15)(H,13,14). The molecule has 0 aromatic heterocycles. The van der Waals surface area contributed by atoms with Gasteiger partial charge in [0.15, 0.2) is 0 Å². The summed E-state index contributed by atoms with van der Waals surface area (Å²) in [6.45, 7) is 5.32. The van der Waals surface area contributed by atoms with E-state index in [9.17, 15) is 9.59 Å². The van der Waals surface area contributed by atoms with E-state index in [0.717, 1.165) is 5.32 Å². The quantitative estimate of drug-likeness (QED) is 0.735. The number of rotatable bonds is 6. The summed E-state index contributed by atoms with van der Waals surface area (Å²) in [6, 6.07) is -0.343. The first-order valence-corrected chi connectivity index (χ1v) is 8.37. The first kappa shape index (κ1) is 16.3. The molecule has 100 valence electrons. The Kier molecular flexibility index (Phi) is 7.23. The van der Waals surface area contributed by atoms with Crippen molar-refractivity contribution >= 4 is 27.0 Å². The number of alkyl carbamates (subject to hydrolysis) is 1. The Bertz CT molecular complexity index is 263. The predicted octanol–water partition coefficient (Wildman–Crippen LogP) is 1.92. The van der Waals surface area contributed by atoms with Gasteiger partial charge >= 0.3 is 108 Å². The second-order valence-corrected chi connectivity index (χ2v) is 6.79. The maximum atomic E-state index is 11.5. The molecule has 0 spiro atoms. The number of hydrogen-bond donors (Lipinski definition) is 2. The van der Waals surface area contributed by atoms with E-state index in [0.29, 0.717) is 21.4 Å². The fourth-order valence-electron chi connectivity index (χ4n) is 1.17. The minimum atomic E-state index is -0.908. The third-order valence-corrected chi connectivity index (χ3v) is 3.16. The maximum absolute atomic E-state index is 11.5. The number of carboxylic acids is 1. The van der Waals surface area contributed by atoms with Gasteiger partial charge in [0.25, 0.3) is 0 Å². The molecule has 0 saturated carbocycles. The van der Waals surface area contributed by atoms with Crippen molar-refractivity contribution in [1.29, 1.82) is 0 Å². The molecule has 0 aliphatic carbocycles. The van der Waals surface area contributed by atoms with Crippen LogP contribution >= 0.6 is 0 Å². The number of carbonyl (C=O) groups is 2. The summed E-state index contributed by atoms with van der Waals surface area (Å²) in [6.07, 6.45) is 0.0736. The zero-order chi connectivity index (χ0) is 13.5. The van der Waals surface area contributed by atoms with Crippen LogP contribution in [0, 0.1) is 0 Å². The molecule has 17 heavy (non-hydrogen) atoms. The van der Waals surface area contributed by atoms with Crippen molar-refractivity contribution in [2.45, 2.75) is 56.4 Å². The van der Waals surface area contributed by atoms with Gasteiger partial charge in [-0.3, -0.25) is 0 Å². The Labute approximate surface area is 108 Å². The Balaban J connectivity index is 4.21. The van der Waals surface area contributed by atoms with Crippen LogP contribution in [0.2, 0.25) is 11.1 Å². The van der Waals surface area contributed by atoms with Crippen molar-refractivity contribution in [2.24, 2.45) is 0 Å². The van der Waals surface area contributed by atoms with E-state index in [2.05, 4.69) is 11.1 Å². The summed E-state index contributed by atoms with van der Waals surface area (Å²) >= 11 is 0.479. The normalized spacial score (nSPS) is 12.9. The summed E-state index contributed by atoms with van der Waals surface area (Å²) in [4.78, 5) is 22.1.